The molecule has 3 heterocycles. The minimum absolute atomic E-state index is 0.00660. The first-order chi connectivity index (χ1) is 12.2. The first kappa shape index (κ1) is 16.0. The predicted octanol–water partition coefficient (Wildman–Crippen LogP) is 4.16. The van der Waals surface area contributed by atoms with Gasteiger partial charge >= 0.3 is 0 Å². The third-order valence-electron chi connectivity index (χ3n) is 4.37. The summed E-state index contributed by atoms with van der Waals surface area (Å²) in [4.78, 5) is 18.6. The van der Waals surface area contributed by atoms with Crippen molar-refractivity contribution in [2.75, 3.05) is 13.1 Å². The number of carbonyl (C=O) groups is 1. The summed E-state index contributed by atoms with van der Waals surface area (Å²) in [6.07, 6.45) is 3.13. The van der Waals surface area contributed by atoms with Gasteiger partial charge in [-0.3, -0.25) is 4.79 Å². The highest BCUT2D eigenvalue weighted by atomic mass is 35.5. The van der Waals surface area contributed by atoms with E-state index in [1.165, 1.54) is 0 Å². The third kappa shape index (κ3) is 3.33. The average Bonchev–Trinajstić information content (AvgIpc) is 3.08. The summed E-state index contributed by atoms with van der Waals surface area (Å²) in [7, 11) is 0. The van der Waals surface area contributed by atoms with Crippen LogP contribution in [0.25, 0.3) is 11.0 Å². The number of amides is 1. The number of piperidine rings is 1. The summed E-state index contributed by atoms with van der Waals surface area (Å²) in [5, 5.41) is 1.44. The molecule has 0 bridgehead atoms. The van der Waals surface area contributed by atoms with E-state index < -0.39 is 0 Å². The second kappa shape index (κ2) is 6.76. The van der Waals surface area contributed by atoms with E-state index in [1.54, 1.807) is 29.3 Å². The summed E-state index contributed by atoms with van der Waals surface area (Å²) in [6, 6.07) is 12.9. The molecule has 0 saturated carbocycles. The van der Waals surface area contributed by atoms with Gasteiger partial charge in [0.2, 0.25) is 5.88 Å². The van der Waals surface area contributed by atoms with Crippen LogP contribution in [0.3, 0.4) is 0 Å². The van der Waals surface area contributed by atoms with E-state index in [4.69, 9.17) is 20.8 Å². The zero-order valence-electron chi connectivity index (χ0n) is 13.5. The highest BCUT2D eigenvalue weighted by Gasteiger charge is 2.27. The summed E-state index contributed by atoms with van der Waals surface area (Å²) < 4.78 is 11.5. The van der Waals surface area contributed by atoms with Crippen molar-refractivity contribution >= 4 is 28.5 Å². The molecule has 1 aliphatic heterocycles. The zero-order valence-corrected chi connectivity index (χ0v) is 14.3. The van der Waals surface area contributed by atoms with Crippen molar-refractivity contribution in [2.24, 2.45) is 0 Å². The lowest BCUT2D eigenvalue weighted by atomic mass is 10.1. The summed E-state index contributed by atoms with van der Waals surface area (Å²) in [5.74, 6) is 0.755. The molecule has 2 aromatic heterocycles. The molecule has 25 heavy (non-hydrogen) atoms. The Balaban J connectivity index is 1.39. The van der Waals surface area contributed by atoms with Gasteiger partial charge in [-0.2, -0.15) is 0 Å². The van der Waals surface area contributed by atoms with Crippen molar-refractivity contribution in [2.45, 2.75) is 18.9 Å². The van der Waals surface area contributed by atoms with Crippen LogP contribution in [0.4, 0.5) is 0 Å². The van der Waals surface area contributed by atoms with Gasteiger partial charge in [-0.1, -0.05) is 29.8 Å². The molecule has 6 heteroatoms. The van der Waals surface area contributed by atoms with E-state index in [0.717, 1.165) is 23.8 Å². The highest BCUT2D eigenvalue weighted by Crippen LogP contribution is 2.25. The number of benzene rings is 1. The van der Waals surface area contributed by atoms with Gasteiger partial charge in [0.15, 0.2) is 5.76 Å². The SMILES string of the molecule is O=C(c1cc2ccccc2o1)N1CCC(Oc2ncccc2Cl)CC1. The fourth-order valence-corrected chi connectivity index (χ4v) is 3.20. The number of furan rings is 1. The van der Waals surface area contributed by atoms with E-state index in [-0.39, 0.29) is 12.0 Å². The summed E-state index contributed by atoms with van der Waals surface area (Å²) >= 11 is 6.08. The van der Waals surface area contributed by atoms with E-state index >= 15 is 0 Å². The van der Waals surface area contributed by atoms with E-state index in [9.17, 15) is 4.79 Å². The molecule has 0 unspecified atom stereocenters. The van der Waals surface area contributed by atoms with Crippen LogP contribution in [-0.4, -0.2) is 35.0 Å². The number of para-hydroxylation sites is 1. The molecule has 0 atom stereocenters. The van der Waals surface area contributed by atoms with Crippen LogP contribution in [0.1, 0.15) is 23.4 Å². The lowest BCUT2D eigenvalue weighted by molar-refractivity contribution is 0.0561. The van der Waals surface area contributed by atoms with Gasteiger partial charge in [0.1, 0.15) is 16.7 Å². The number of ether oxygens (including phenoxy) is 1. The molecular formula is C19H17ClN2O3. The standard InChI is InChI=1S/C19H17ClN2O3/c20-15-5-3-9-21-18(15)24-14-7-10-22(11-8-14)19(23)17-12-13-4-1-2-6-16(13)25-17/h1-6,9,12,14H,7-8,10-11H2. The third-order valence-corrected chi connectivity index (χ3v) is 4.66. The summed E-state index contributed by atoms with van der Waals surface area (Å²) in [6.45, 7) is 1.23. The van der Waals surface area contributed by atoms with Crippen molar-refractivity contribution in [3.8, 4) is 5.88 Å². The van der Waals surface area contributed by atoms with Gasteiger partial charge in [0, 0.05) is 37.5 Å². The van der Waals surface area contributed by atoms with Crippen LogP contribution < -0.4 is 4.74 Å². The number of pyridine rings is 1. The first-order valence-electron chi connectivity index (χ1n) is 8.26. The number of rotatable bonds is 3. The van der Waals surface area contributed by atoms with Gasteiger partial charge in [-0.25, -0.2) is 4.98 Å². The maximum absolute atomic E-state index is 12.6. The van der Waals surface area contributed by atoms with Crippen molar-refractivity contribution in [3.05, 3.63) is 59.4 Å². The van der Waals surface area contributed by atoms with E-state index in [0.29, 0.717) is 29.8 Å². The second-order valence-electron chi connectivity index (χ2n) is 6.05. The van der Waals surface area contributed by atoms with Gasteiger partial charge < -0.3 is 14.1 Å². The Hall–Kier alpha value is -2.53. The molecule has 4 rings (SSSR count). The fraction of sp³-hybridized carbons (Fsp3) is 0.263. The van der Waals surface area contributed by atoms with Crippen LogP contribution in [0.5, 0.6) is 5.88 Å². The number of carbonyl (C=O) groups excluding carboxylic acids is 1. The van der Waals surface area contributed by atoms with Gasteiger partial charge in [0.05, 0.1) is 0 Å². The fourth-order valence-electron chi connectivity index (χ4n) is 3.04. The lowest BCUT2D eigenvalue weighted by Gasteiger charge is -2.31. The van der Waals surface area contributed by atoms with Crippen molar-refractivity contribution in [1.29, 1.82) is 0 Å². The molecule has 1 aliphatic rings. The number of hydrogen-bond acceptors (Lipinski definition) is 4. The van der Waals surface area contributed by atoms with Crippen LogP contribution in [-0.2, 0) is 0 Å². The monoisotopic (exact) mass is 356 g/mol. The Morgan fingerprint density at radius 1 is 1.20 bits per heavy atom. The zero-order chi connectivity index (χ0) is 17.2. The van der Waals surface area contributed by atoms with Gasteiger partial charge in [-0.05, 0) is 24.3 Å². The molecule has 0 radical (unpaired) electrons. The van der Waals surface area contributed by atoms with E-state index in [2.05, 4.69) is 4.98 Å². The molecule has 0 spiro atoms. The van der Waals surface area contributed by atoms with Crippen molar-refractivity contribution in [1.82, 2.24) is 9.88 Å². The molecule has 3 aromatic rings. The molecule has 128 valence electrons. The molecular weight excluding hydrogens is 340 g/mol. The Kier molecular flexibility index (Phi) is 4.32. The number of nitrogens with zero attached hydrogens (tertiary/aromatic N) is 2. The second-order valence-corrected chi connectivity index (χ2v) is 6.46. The van der Waals surface area contributed by atoms with Crippen LogP contribution >= 0.6 is 11.6 Å². The number of fused-ring (bicyclic) bond motifs is 1. The molecule has 1 amide bonds. The molecule has 5 nitrogen and oxygen atoms in total. The van der Waals surface area contributed by atoms with Gasteiger partial charge in [0.25, 0.3) is 5.91 Å². The van der Waals surface area contributed by atoms with Gasteiger partial charge in [-0.15, -0.1) is 0 Å². The number of aromatic nitrogens is 1. The largest absolute Gasteiger partial charge is 0.473 e. The highest BCUT2D eigenvalue weighted by molar-refractivity contribution is 6.31. The average molecular weight is 357 g/mol. The maximum Gasteiger partial charge on any atom is 0.289 e. The number of hydrogen-bond donors (Lipinski definition) is 0. The summed E-state index contributed by atoms with van der Waals surface area (Å²) in [5.41, 5.74) is 0.730. The Bertz CT molecular complexity index is 867. The Morgan fingerprint density at radius 2 is 2.00 bits per heavy atom. The first-order valence-corrected chi connectivity index (χ1v) is 8.63. The topological polar surface area (TPSA) is 55.6 Å². The molecule has 0 N–H and O–H groups in total. The lowest BCUT2D eigenvalue weighted by Crippen LogP contribution is -2.41. The quantitative estimate of drug-likeness (QED) is 0.707. The molecule has 1 aromatic carbocycles. The molecule has 1 saturated heterocycles. The molecule has 0 aliphatic carbocycles. The molecule has 1 fully saturated rings. The Labute approximate surface area is 150 Å². The maximum atomic E-state index is 12.6. The van der Waals surface area contributed by atoms with Crippen molar-refractivity contribution < 1.29 is 13.9 Å². The van der Waals surface area contributed by atoms with Crippen molar-refractivity contribution in [3.63, 3.8) is 0 Å². The Morgan fingerprint density at radius 3 is 2.76 bits per heavy atom. The minimum Gasteiger partial charge on any atom is -0.473 e. The smallest absolute Gasteiger partial charge is 0.289 e. The normalized spacial score (nSPS) is 15.5. The van der Waals surface area contributed by atoms with Crippen LogP contribution in [0.15, 0.2) is 53.1 Å². The number of halogens is 1. The predicted molar refractivity (Wildman–Crippen MR) is 95.0 cm³/mol. The number of likely N-dealkylation sites (tertiary alicyclic amines) is 1. The van der Waals surface area contributed by atoms with Crippen LogP contribution in [0, 0.1) is 0 Å². The minimum atomic E-state index is -0.0782. The van der Waals surface area contributed by atoms with Crippen LogP contribution in [0.2, 0.25) is 5.02 Å². The van der Waals surface area contributed by atoms with E-state index in [1.807, 2.05) is 24.3 Å².